The number of nitrogens with zero attached hydrogens (tertiary/aromatic N) is 3. The van der Waals surface area contributed by atoms with Crippen molar-refractivity contribution in [1.82, 2.24) is 15.3 Å². The molecule has 2 heterocycles. The van der Waals surface area contributed by atoms with Gasteiger partial charge in [0.1, 0.15) is 11.0 Å². The molecule has 0 atom stereocenters. The molecule has 0 radical (unpaired) electrons. The molecule has 1 aliphatic rings. The molecule has 33 heavy (non-hydrogen) atoms. The maximum atomic E-state index is 12.6. The maximum Gasteiger partial charge on any atom is 0.251 e. The predicted molar refractivity (Wildman–Crippen MR) is 137 cm³/mol. The number of hydrogen-bond donors (Lipinski definition) is 1. The summed E-state index contributed by atoms with van der Waals surface area (Å²) < 4.78 is 0. The van der Waals surface area contributed by atoms with E-state index in [-0.39, 0.29) is 5.91 Å². The second kappa shape index (κ2) is 11.4. The number of halogens is 3. The first-order chi connectivity index (χ1) is 16.0. The molecule has 0 unspecified atom stereocenters. The number of carbonyl (C=O) groups is 1. The van der Waals surface area contributed by atoms with E-state index in [0.717, 1.165) is 30.0 Å². The van der Waals surface area contributed by atoms with Crippen LogP contribution in [0.2, 0.25) is 15.2 Å². The Morgan fingerprint density at radius 3 is 2.64 bits per heavy atom. The first-order valence-corrected chi connectivity index (χ1v) is 12.8. The summed E-state index contributed by atoms with van der Waals surface area (Å²) in [6.07, 6.45) is 2.97. The fourth-order valence-electron chi connectivity index (χ4n) is 3.65. The Bertz CT molecular complexity index is 1140. The largest absolute Gasteiger partial charge is 0.356 e. The lowest BCUT2D eigenvalue weighted by molar-refractivity contribution is 0.0954. The number of thioether (sulfide) groups is 1. The number of benzene rings is 2. The molecule has 1 amide bonds. The molecule has 9 heteroatoms. The van der Waals surface area contributed by atoms with Crippen LogP contribution in [-0.4, -0.2) is 35.5 Å². The molecular weight excluding hydrogens is 499 g/mol. The lowest BCUT2D eigenvalue weighted by Gasteiger charge is -2.16. The van der Waals surface area contributed by atoms with Crippen LogP contribution in [0.4, 0.5) is 5.82 Å². The lowest BCUT2D eigenvalue weighted by atomic mass is 10.1. The minimum absolute atomic E-state index is 0.123. The summed E-state index contributed by atoms with van der Waals surface area (Å²) in [6, 6.07) is 14.8. The van der Waals surface area contributed by atoms with Crippen LogP contribution in [0.15, 0.2) is 53.7 Å². The quantitative estimate of drug-likeness (QED) is 0.214. The summed E-state index contributed by atoms with van der Waals surface area (Å²) in [6.45, 7) is 2.48. The fraction of sp³-hybridized carbons (Fsp3) is 0.292. The normalized spacial score (nSPS) is 13.4. The third-order valence-electron chi connectivity index (χ3n) is 5.34. The number of anilines is 1. The molecule has 4 rings (SSSR count). The van der Waals surface area contributed by atoms with Gasteiger partial charge in [0, 0.05) is 47.1 Å². The lowest BCUT2D eigenvalue weighted by Crippen LogP contribution is -2.25. The van der Waals surface area contributed by atoms with Gasteiger partial charge in [-0.05, 0) is 54.7 Å². The molecule has 1 aliphatic heterocycles. The SMILES string of the molecule is O=C(NCCc1ccc(Cl)cc1Cl)c1cccc(CSc2nc(Cl)cc(N3CCCC3)n2)c1. The number of nitrogens with one attached hydrogen (secondary N) is 1. The van der Waals surface area contributed by atoms with E-state index < -0.39 is 0 Å². The molecule has 3 aromatic rings. The van der Waals surface area contributed by atoms with Crippen molar-refractivity contribution in [2.24, 2.45) is 0 Å². The minimum Gasteiger partial charge on any atom is -0.356 e. The first-order valence-electron chi connectivity index (χ1n) is 10.7. The van der Waals surface area contributed by atoms with Gasteiger partial charge in [0.15, 0.2) is 5.16 Å². The van der Waals surface area contributed by atoms with Crippen molar-refractivity contribution in [3.63, 3.8) is 0 Å². The molecule has 1 N–H and O–H groups in total. The number of aromatic nitrogens is 2. The van der Waals surface area contributed by atoms with Crippen molar-refractivity contribution in [2.45, 2.75) is 30.2 Å². The predicted octanol–water partition coefficient (Wildman–Crippen LogP) is 6.30. The van der Waals surface area contributed by atoms with Gasteiger partial charge in [-0.15, -0.1) is 0 Å². The highest BCUT2D eigenvalue weighted by Gasteiger charge is 2.16. The Morgan fingerprint density at radius 2 is 1.85 bits per heavy atom. The van der Waals surface area contributed by atoms with Crippen LogP contribution < -0.4 is 10.2 Å². The van der Waals surface area contributed by atoms with Crippen LogP contribution in [-0.2, 0) is 12.2 Å². The molecule has 2 aromatic carbocycles. The molecule has 1 fully saturated rings. The molecule has 172 valence electrons. The number of hydrogen-bond acceptors (Lipinski definition) is 5. The highest BCUT2D eigenvalue weighted by Crippen LogP contribution is 2.26. The first kappa shape index (κ1) is 24.1. The van der Waals surface area contributed by atoms with Gasteiger partial charge in [0.2, 0.25) is 0 Å². The molecule has 0 saturated carbocycles. The van der Waals surface area contributed by atoms with E-state index in [0.29, 0.717) is 44.6 Å². The number of amides is 1. The standard InChI is InChI=1S/C24H23Cl3N4OS/c25-19-7-6-17(20(26)13-19)8-9-28-23(32)18-5-3-4-16(12-18)15-33-24-29-21(27)14-22(30-24)31-10-1-2-11-31/h3-7,12-14H,1-2,8-11,15H2,(H,28,32). The van der Waals surface area contributed by atoms with E-state index in [1.54, 1.807) is 18.2 Å². The van der Waals surface area contributed by atoms with E-state index in [9.17, 15) is 4.79 Å². The fourth-order valence-corrected chi connectivity index (χ4v) is 5.17. The molecule has 1 saturated heterocycles. The van der Waals surface area contributed by atoms with Crippen molar-refractivity contribution < 1.29 is 4.79 Å². The van der Waals surface area contributed by atoms with Crippen LogP contribution in [0.5, 0.6) is 0 Å². The van der Waals surface area contributed by atoms with Gasteiger partial charge in [0.25, 0.3) is 5.91 Å². The van der Waals surface area contributed by atoms with Gasteiger partial charge in [-0.25, -0.2) is 9.97 Å². The summed E-state index contributed by atoms with van der Waals surface area (Å²) in [5, 5.41) is 5.24. The molecular formula is C24H23Cl3N4OS. The van der Waals surface area contributed by atoms with E-state index >= 15 is 0 Å². The van der Waals surface area contributed by atoms with Gasteiger partial charge >= 0.3 is 0 Å². The van der Waals surface area contributed by atoms with Gasteiger partial charge in [-0.1, -0.05) is 64.8 Å². The highest BCUT2D eigenvalue weighted by molar-refractivity contribution is 7.98. The zero-order valence-electron chi connectivity index (χ0n) is 17.9. The van der Waals surface area contributed by atoms with Crippen LogP contribution in [0.3, 0.4) is 0 Å². The van der Waals surface area contributed by atoms with Crippen molar-refractivity contribution >= 4 is 58.3 Å². The third-order valence-corrected chi connectivity index (χ3v) is 7.04. The van der Waals surface area contributed by atoms with Crippen molar-refractivity contribution in [2.75, 3.05) is 24.5 Å². The zero-order valence-corrected chi connectivity index (χ0v) is 20.9. The Hall–Kier alpha value is -1.99. The Labute approximate surface area is 212 Å². The van der Waals surface area contributed by atoms with Gasteiger partial charge in [-0.3, -0.25) is 4.79 Å². The van der Waals surface area contributed by atoms with Crippen LogP contribution in [0.1, 0.15) is 34.3 Å². The van der Waals surface area contributed by atoms with Crippen LogP contribution in [0.25, 0.3) is 0 Å². The van der Waals surface area contributed by atoms with E-state index in [1.807, 2.05) is 30.3 Å². The third kappa shape index (κ3) is 6.76. The summed E-state index contributed by atoms with van der Waals surface area (Å²) >= 11 is 19.9. The summed E-state index contributed by atoms with van der Waals surface area (Å²) in [5.41, 5.74) is 2.57. The molecule has 1 aromatic heterocycles. The van der Waals surface area contributed by atoms with Crippen LogP contribution >= 0.6 is 46.6 Å². The maximum absolute atomic E-state index is 12.6. The number of carbonyl (C=O) groups excluding carboxylic acids is 1. The number of rotatable bonds is 8. The monoisotopic (exact) mass is 520 g/mol. The van der Waals surface area contributed by atoms with E-state index in [1.165, 1.54) is 24.6 Å². The summed E-state index contributed by atoms with van der Waals surface area (Å²) in [5.74, 6) is 1.40. The topological polar surface area (TPSA) is 58.1 Å². The van der Waals surface area contributed by atoms with Crippen molar-refractivity contribution in [3.8, 4) is 0 Å². The molecule has 0 spiro atoms. The average Bonchev–Trinajstić information content (AvgIpc) is 3.34. The van der Waals surface area contributed by atoms with E-state index in [2.05, 4.69) is 20.2 Å². The second-order valence-corrected chi connectivity index (χ2v) is 9.93. The molecule has 0 bridgehead atoms. The van der Waals surface area contributed by atoms with E-state index in [4.69, 9.17) is 34.8 Å². The van der Waals surface area contributed by atoms with Crippen LogP contribution in [0, 0.1) is 0 Å². The highest BCUT2D eigenvalue weighted by atomic mass is 35.5. The van der Waals surface area contributed by atoms with Gasteiger partial charge < -0.3 is 10.2 Å². The smallest absolute Gasteiger partial charge is 0.251 e. The Morgan fingerprint density at radius 1 is 1.03 bits per heavy atom. The summed E-state index contributed by atoms with van der Waals surface area (Å²) in [4.78, 5) is 23.9. The van der Waals surface area contributed by atoms with Gasteiger partial charge in [0.05, 0.1) is 0 Å². The molecule has 0 aliphatic carbocycles. The average molecular weight is 522 g/mol. The summed E-state index contributed by atoms with van der Waals surface area (Å²) in [7, 11) is 0. The Balaban J connectivity index is 1.33. The zero-order chi connectivity index (χ0) is 23.2. The van der Waals surface area contributed by atoms with Gasteiger partial charge in [-0.2, -0.15) is 0 Å². The molecule has 5 nitrogen and oxygen atoms in total. The second-order valence-electron chi connectivity index (χ2n) is 7.76. The van der Waals surface area contributed by atoms with Crippen molar-refractivity contribution in [3.05, 3.63) is 80.4 Å². The Kier molecular flexibility index (Phi) is 8.36. The van der Waals surface area contributed by atoms with Crippen molar-refractivity contribution in [1.29, 1.82) is 0 Å². The minimum atomic E-state index is -0.123.